The van der Waals surface area contributed by atoms with Crippen molar-refractivity contribution in [1.29, 1.82) is 0 Å². The normalized spacial score (nSPS) is 10.7. The zero-order chi connectivity index (χ0) is 16.1. The van der Waals surface area contributed by atoms with Crippen molar-refractivity contribution in [2.45, 2.75) is 19.8 Å². The number of aromatic nitrogens is 3. The van der Waals surface area contributed by atoms with E-state index in [-0.39, 0.29) is 5.91 Å². The molecule has 7 heteroatoms. The van der Waals surface area contributed by atoms with Crippen LogP contribution in [-0.2, 0) is 17.6 Å². The third-order valence-electron chi connectivity index (χ3n) is 3.17. The number of rotatable bonds is 6. The van der Waals surface area contributed by atoms with Crippen molar-refractivity contribution in [1.82, 2.24) is 20.4 Å². The molecule has 2 heterocycles. The standard InChI is InChI=1S/C16H16N4O2S/c1-11-18-13(10-23-11)9-15(21)17-8-7-14-19-16(22-20-14)12-5-3-2-4-6-12/h2-6,10H,7-9H2,1H3,(H,17,21). The fourth-order valence-corrected chi connectivity index (χ4v) is 2.70. The Kier molecular flexibility index (Phi) is 4.77. The molecule has 1 N–H and O–H groups in total. The van der Waals surface area contributed by atoms with E-state index in [9.17, 15) is 4.79 Å². The summed E-state index contributed by atoms with van der Waals surface area (Å²) in [5.41, 5.74) is 1.69. The van der Waals surface area contributed by atoms with Crippen molar-refractivity contribution in [2.24, 2.45) is 0 Å². The third kappa shape index (κ3) is 4.23. The van der Waals surface area contributed by atoms with E-state index in [0.717, 1.165) is 16.3 Å². The Morgan fingerprint density at radius 2 is 2.09 bits per heavy atom. The Balaban J connectivity index is 1.47. The van der Waals surface area contributed by atoms with Crippen LogP contribution in [0.2, 0.25) is 0 Å². The first-order valence-corrected chi connectivity index (χ1v) is 8.14. The van der Waals surface area contributed by atoms with E-state index in [1.807, 2.05) is 42.6 Å². The molecule has 0 saturated carbocycles. The number of hydrogen-bond donors (Lipinski definition) is 1. The summed E-state index contributed by atoms with van der Waals surface area (Å²) in [7, 11) is 0. The molecule has 3 rings (SSSR count). The van der Waals surface area contributed by atoms with E-state index >= 15 is 0 Å². The average molecular weight is 328 g/mol. The smallest absolute Gasteiger partial charge is 0.257 e. The highest BCUT2D eigenvalue weighted by atomic mass is 32.1. The maximum Gasteiger partial charge on any atom is 0.257 e. The lowest BCUT2D eigenvalue weighted by Crippen LogP contribution is -2.27. The highest BCUT2D eigenvalue weighted by Crippen LogP contribution is 2.16. The summed E-state index contributed by atoms with van der Waals surface area (Å²) in [5.74, 6) is 1.01. The molecule has 6 nitrogen and oxygen atoms in total. The molecule has 1 amide bonds. The molecule has 2 aromatic heterocycles. The topological polar surface area (TPSA) is 80.9 Å². The second kappa shape index (κ2) is 7.15. The van der Waals surface area contributed by atoms with Crippen molar-refractivity contribution in [2.75, 3.05) is 6.54 Å². The van der Waals surface area contributed by atoms with E-state index in [1.165, 1.54) is 0 Å². The van der Waals surface area contributed by atoms with Gasteiger partial charge in [0, 0.05) is 23.9 Å². The van der Waals surface area contributed by atoms with Crippen molar-refractivity contribution < 1.29 is 9.32 Å². The van der Waals surface area contributed by atoms with Crippen LogP contribution in [0.4, 0.5) is 0 Å². The first-order valence-electron chi connectivity index (χ1n) is 7.26. The van der Waals surface area contributed by atoms with Crippen LogP contribution in [0.25, 0.3) is 11.5 Å². The summed E-state index contributed by atoms with van der Waals surface area (Å²) < 4.78 is 5.22. The minimum absolute atomic E-state index is 0.0536. The molecule has 23 heavy (non-hydrogen) atoms. The largest absolute Gasteiger partial charge is 0.355 e. The number of amides is 1. The second-order valence-corrected chi connectivity index (χ2v) is 6.08. The van der Waals surface area contributed by atoms with Crippen molar-refractivity contribution in [3.05, 3.63) is 52.2 Å². The van der Waals surface area contributed by atoms with E-state index in [1.54, 1.807) is 11.3 Å². The monoisotopic (exact) mass is 328 g/mol. The summed E-state index contributed by atoms with van der Waals surface area (Å²) in [6.07, 6.45) is 0.823. The molecule has 0 aliphatic carbocycles. The van der Waals surface area contributed by atoms with Crippen molar-refractivity contribution >= 4 is 17.2 Å². The quantitative estimate of drug-likeness (QED) is 0.751. The zero-order valence-electron chi connectivity index (χ0n) is 12.7. The highest BCUT2D eigenvalue weighted by Gasteiger charge is 2.09. The molecule has 3 aromatic rings. The minimum Gasteiger partial charge on any atom is -0.355 e. The zero-order valence-corrected chi connectivity index (χ0v) is 13.5. The van der Waals surface area contributed by atoms with E-state index in [4.69, 9.17) is 4.52 Å². The highest BCUT2D eigenvalue weighted by molar-refractivity contribution is 7.09. The van der Waals surface area contributed by atoms with Crippen LogP contribution < -0.4 is 5.32 Å². The molecule has 0 radical (unpaired) electrons. The average Bonchev–Trinajstić information content (AvgIpc) is 3.17. The third-order valence-corrected chi connectivity index (χ3v) is 3.99. The van der Waals surface area contributed by atoms with Gasteiger partial charge >= 0.3 is 0 Å². The van der Waals surface area contributed by atoms with E-state index < -0.39 is 0 Å². The number of hydrogen-bond acceptors (Lipinski definition) is 6. The fraction of sp³-hybridized carbons (Fsp3) is 0.250. The van der Waals surface area contributed by atoms with Crippen LogP contribution in [0.3, 0.4) is 0 Å². The minimum atomic E-state index is -0.0536. The summed E-state index contributed by atoms with van der Waals surface area (Å²) in [6, 6.07) is 9.59. The van der Waals surface area contributed by atoms with Crippen molar-refractivity contribution in [3.63, 3.8) is 0 Å². The molecule has 0 aliphatic rings. The second-order valence-electron chi connectivity index (χ2n) is 5.02. The number of aryl methyl sites for hydroxylation is 1. The lowest BCUT2D eigenvalue weighted by molar-refractivity contribution is -0.120. The van der Waals surface area contributed by atoms with Gasteiger partial charge in [0.1, 0.15) is 0 Å². The Bertz CT molecular complexity index is 782. The van der Waals surface area contributed by atoms with Gasteiger partial charge in [0.25, 0.3) is 5.89 Å². The van der Waals surface area contributed by atoms with Gasteiger partial charge in [0.2, 0.25) is 5.91 Å². The summed E-state index contributed by atoms with van der Waals surface area (Å²) in [4.78, 5) is 20.4. The predicted octanol–water partition coefficient (Wildman–Crippen LogP) is 2.40. The van der Waals surface area contributed by atoms with Crippen molar-refractivity contribution in [3.8, 4) is 11.5 Å². The fourth-order valence-electron chi connectivity index (χ4n) is 2.08. The van der Waals surface area contributed by atoms with Gasteiger partial charge in [-0.25, -0.2) is 4.98 Å². The maximum absolute atomic E-state index is 11.8. The van der Waals surface area contributed by atoms with Crippen LogP contribution in [0, 0.1) is 6.92 Å². The molecule has 0 fully saturated rings. The van der Waals surface area contributed by atoms with Gasteiger partial charge in [-0.3, -0.25) is 4.79 Å². The Hall–Kier alpha value is -2.54. The SMILES string of the molecule is Cc1nc(CC(=O)NCCc2noc(-c3ccccc3)n2)cs1. The molecule has 0 spiro atoms. The lowest BCUT2D eigenvalue weighted by atomic mass is 10.2. The molecule has 0 unspecified atom stereocenters. The number of carbonyl (C=O) groups is 1. The maximum atomic E-state index is 11.8. The lowest BCUT2D eigenvalue weighted by Gasteiger charge is -2.01. The Morgan fingerprint density at radius 3 is 2.83 bits per heavy atom. The number of nitrogens with zero attached hydrogens (tertiary/aromatic N) is 3. The molecule has 0 saturated heterocycles. The van der Waals surface area contributed by atoms with Gasteiger partial charge in [-0.15, -0.1) is 11.3 Å². The number of carbonyl (C=O) groups excluding carboxylic acids is 1. The molecule has 0 aliphatic heterocycles. The summed E-state index contributed by atoms with van der Waals surface area (Å²) in [6.45, 7) is 2.39. The van der Waals surface area contributed by atoms with Crippen LogP contribution in [0.15, 0.2) is 40.2 Å². The first-order chi connectivity index (χ1) is 11.2. The number of nitrogens with one attached hydrogen (secondary N) is 1. The number of thiazole rings is 1. The first kappa shape index (κ1) is 15.4. The summed E-state index contributed by atoms with van der Waals surface area (Å²) in [5, 5.41) is 9.64. The predicted molar refractivity (Wildman–Crippen MR) is 87.0 cm³/mol. The molecule has 0 atom stereocenters. The number of benzene rings is 1. The van der Waals surface area contributed by atoms with Gasteiger partial charge in [0.15, 0.2) is 5.82 Å². The van der Waals surface area contributed by atoms with Crippen LogP contribution in [-0.4, -0.2) is 27.6 Å². The van der Waals surface area contributed by atoms with Gasteiger partial charge in [0.05, 0.1) is 17.1 Å². The van der Waals surface area contributed by atoms with Gasteiger partial charge in [-0.1, -0.05) is 23.4 Å². The van der Waals surface area contributed by atoms with Gasteiger partial charge < -0.3 is 9.84 Å². The Labute approximate surface area is 137 Å². The van der Waals surface area contributed by atoms with Crippen LogP contribution in [0.5, 0.6) is 0 Å². The molecular formula is C16H16N4O2S. The van der Waals surface area contributed by atoms with Gasteiger partial charge in [-0.2, -0.15) is 4.98 Å². The molecule has 118 valence electrons. The summed E-state index contributed by atoms with van der Waals surface area (Å²) >= 11 is 1.54. The van der Waals surface area contributed by atoms with Crippen LogP contribution >= 0.6 is 11.3 Å². The molecule has 1 aromatic carbocycles. The van der Waals surface area contributed by atoms with E-state index in [2.05, 4.69) is 20.4 Å². The Morgan fingerprint density at radius 1 is 1.26 bits per heavy atom. The van der Waals surface area contributed by atoms with Gasteiger partial charge in [-0.05, 0) is 19.1 Å². The molecular weight excluding hydrogens is 312 g/mol. The van der Waals surface area contributed by atoms with Crippen LogP contribution in [0.1, 0.15) is 16.5 Å². The van der Waals surface area contributed by atoms with E-state index in [0.29, 0.717) is 31.1 Å². The molecule has 0 bridgehead atoms.